The van der Waals surface area contributed by atoms with E-state index in [1.165, 1.54) is 17.2 Å². The topological polar surface area (TPSA) is 266 Å². The number of nitrogen functional groups attached to an aromatic ring is 1. The third kappa shape index (κ3) is 9.27. The van der Waals surface area contributed by atoms with Crippen LogP contribution >= 0.6 is 0 Å². The predicted molar refractivity (Wildman–Crippen MR) is 107 cm³/mol. The van der Waals surface area contributed by atoms with Gasteiger partial charge in [0.15, 0.2) is 17.7 Å². The summed E-state index contributed by atoms with van der Waals surface area (Å²) in [7, 11) is -5.43. The maximum absolute atomic E-state index is 10.7. The Morgan fingerprint density at radius 3 is 2.41 bits per heavy atom. The van der Waals surface area contributed by atoms with Gasteiger partial charge in [-0.1, -0.05) is 0 Å². The average molecular weight is 508 g/mol. The molecule has 0 saturated carbocycles. The molecular formula is C15H22Li2N6O9S2. The number of carbonyl (C=O) groups is 1. The van der Waals surface area contributed by atoms with Crippen LogP contribution < -0.4 is 54.3 Å². The molecule has 6 N–H and O–H groups in total. The Morgan fingerprint density at radius 1 is 1.26 bits per heavy atom. The van der Waals surface area contributed by atoms with Gasteiger partial charge in [-0.3, -0.25) is 13.0 Å². The normalized spacial score (nSPS) is 23.7. The summed E-state index contributed by atoms with van der Waals surface area (Å²) in [5.41, 5.74) is 12.0. The zero-order valence-corrected chi connectivity index (χ0v) is 20.3. The number of aliphatic carboxylic acids is 1. The number of hydrogen-bond acceptors (Lipinski definition) is 14. The second kappa shape index (κ2) is 14.0. The van der Waals surface area contributed by atoms with Gasteiger partial charge in [-0.05, 0) is 10.9 Å². The van der Waals surface area contributed by atoms with E-state index in [4.69, 9.17) is 33.7 Å². The van der Waals surface area contributed by atoms with Gasteiger partial charge in [0, 0.05) is 22.9 Å². The summed E-state index contributed by atoms with van der Waals surface area (Å²) in [5.74, 6) is -0.0611. The van der Waals surface area contributed by atoms with Crippen LogP contribution in [0.15, 0.2) is 12.7 Å². The second-order valence-electron chi connectivity index (χ2n) is 6.90. The van der Waals surface area contributed by atoms with Crippen molar-refractivity contribution in [2.24, 2.45) is 5.73 Å². The standard InChI is InChI=1S/C15H22N6O5S.2Li.H2O4S/c1-27(3-2-7(16)15(24)25)4-8-10(22)11(23)14(26-8)21-6-20-9-12(17)18-5-19-13(9)21;;;1-5(2,3)4/h5-8,10-11,14,22-23H,2-4,16H2,1H3,(H2-,17,18,19,24,25);;;(H2,1,2,3,4)/q;2*+1;/p-2/t7-,8+,10+,11+,14+,27?;;;/m0.../s1. The van der Waals surface area contributed by atoms with E-state index in [1.807, 2.05) is 6.26 Å². The van der Waals surface area contributed by atoms with E-state index in [0.717, 1.165) is 0 Å². The third-order valence-corrected chi connectivity index (χ3v) is 6.36. The van der Waals surface area contributed by atoms with Gasteiger partial charge in [0.05, 0.1) is 18.6 Å². The van der Waals surface area contributed by atoms with Crippen LogP contribution in [0.5, 0.6) is 0 Å². The van der Waals surface area contributed by atoms with E-state index in [1.54, 1.807) is 0 Å². The molecule has 1 fully saturated rings. The van der Waals surface area contributed by atoms with Crippen molar-refractivity contribution in [2.75, 3.05) is 23.5 Å². The van der Waals surface area contributed by atoms with E-state index >= 15 is 0 Å². The molecule has 1 saturated heterocycles. The van der Waals surface area contributed by atoms with Gasteiger partial charge in [-0.15, -0.1) is 0 Å². The quantitative estimate of drug-likeness (QED) is 0.117. The molecule has 3 heterocycles. The molecule has 0 aromatic carbocycles. The predicted octanol–water partition coefficient (Wildman–Crippen LogP) is -10.6. The summed E-state index contributed by atoms with van der Waals surface area (Å²) in [4.78, 5) is 22.8. The molecule has 2 aromatic heterocycles. The number of aliphatic hydroxyl groups excluding tert-OH is 2. The molecule has 19 heteroatoms. The van der Waals surface area contributed by atoms with Gasteiger partial charge in [-0.25, -0.2) is 15.0 Å². The Balaban J connectivity index is 0.00000141. The number of carboxylic acids is 1. The number of anilines is 1. The smallest absolute Gasteiger partial charge is 0.759 e. The molecule has 1 unspecified atom stereocenters. The van der Waals surface area contributed by atoms with Gasteiger partial charge in [0.1, 0.15) is 41.7 Å². The Hall–Kier alpha value is -0.925. The number of nitrogens with two attached hydrogens (primary N) is 2. The molecule has 0 spiro atoms. The average Bonchev–Trinajstić information content (AvgIpc) is 3.22. The second-order valence-corrected chi connectivity index (χ2v) is 10.0. The molecule has 0 amide bonds. The zero-order valence-electron chi connectivity index (χ0n) is 18.7. The number of aliphatic hydroxyl groups is 2. The van der Waals surface area contributed by atoms with Crippen molar-refractivity contribution in [3.63, 3.8) is 0 Å². The summed E-state index contributed by atoms with van der Waals surface area (Å²) in [6, 6.07) is -1.02. The molecule has 34 heavy (non-hydrogen) atoms. The van der Waals surface area contributed by atoms with Crippen molar-refractivity contribution in [1.82, 2.24) is 19.5 Å². The molecule has 0 aliphatic carbocycles. The van der Waals surface area contributed by atoms with Crippen molar-refractivity contribution < 1.29 is 80.1 Å². The summed E-state index contributed by atoms with van der Waals surface area (Å²) in [6.45, 7) is 0. The Bertz CT molecular complexity index is 1040. The van der Waals surface area contributed by atoms with Gasteiger partial charge in [0.25, 0.3) is 0 Å². The third-order valence-electron chi connectivity index (χ3n) is 4.53. The zero-order chi connectivity index (χ0) is 24.2. The fourth-order valence-corrected chi connectivity index (χ4v) is 4.62. The monoisotopic (exact) mass is 508 g/mol. The van der Waals surface area contributed by atoms with E-state index in [0.29, 0.717) is 22.7 Å². The molecule has 1 aliphatic rings. The van der Waals surface area contributed by atoms with Crippen LogP contribution in [0.1, 0.15) is 12.6 Å². The van der Waals surface area contributed by atoms with Gasteiger partial charge in [-0.2, -0.15) is 0 Å². The molecule has 0 bridgehead atoms. The van der Waals surface area contributed by atoms with Crippen LogP contribution in [0.4, 0.5) is 5.82 Å². The molecule has 15 nitrogen and oxygen atoms in total. The Kier molecular flexibility index (Phi) is 13.6. The number of nitrogens with zero attached hydrogens (tertiary/aromatic N) is 4. The molecule has 6 atom stereocenters. The molecule has 0 radical (unpaired) electrons. The van der Waals surface area contributed by atoms with E-state index in [2.05, 4.69) is 15.0 Å². The van der Waals surface area contributed by atoms with Crippen molar-refractivity contribution in [1.29, 1.82) is 0 Å². The fraction of sp³-hybridized carbons (Fsp3) is 0.600. The first-order chi connectivity index (χ1) is 14.8. The largest absolute Gasteiger partial charge is 1.00 e. The molecular weight excluding hydrogens is 486 g/mol. The summed E-state index contributed by atoms with van der Waals surface area (Å²) >= 11 is 0. The minimum atomic E-state index is -5.17. The van der Waals surface area contributed by atoms with Crippen molar-refractivity contribution in [2.45, 2.75) is 37.0 Å². The van der Waals surface area contributed by atoms with Crippen molar-refractivity contribution >= 4 is 44.2 Å². The number of hydrogen-bond donors (Lipinski definition) is 4. The number of fused-ring (bicyclic) bond motifs is 1. The maximum atomic E-state index is 10.7. The first-order valence-corrected chi connectivity index (χ1v) is 12.3. The molecule has 180 valence electrons. The van der Waals surface area contributed by atoms with Crippen LogP contribution in [-0.4, -0.2) is 95.3 Å². The van der Waals surface area contributed by atoms with Crippen molar-refractivity contribution in [3.05, 3.63) is 12.7 Å². The molecule has 3 rings (SSSR count). The van der Waals surface area contributed by atoms with Gasteiger partial charge >= 0.3 is 37.7 Å². The van der Waals surface area contributed by atoms with E-state index in [9.17, 15) is 20.1 Å². The maximum Gasteiger partial charge on any atom is 1.00 e. The van der Waals surface area contributed by atoms with Gasteiger partial charge < -0.3 is 45.4 Å². The van der Waals surface area contributed by atoms with Crippen LogP contribution in [0, 0.1) is 0 Å². The first-order valence-electron chi connectivity index (χ1n) is 8.96. The number of rotatable bonds is 7. The van der Waals surface area contributed by atoms with Crippen LogP contribution in [0.2, 0.25) is 0 Å². The van der Waals surface area contributed by atoms with E-state index < -0.39 is 46.9 Å². The van der Waals surface area contributed by atoms with Crippen LogP contribution in [-0.2, 0) is 30.8 Å². The number of carboxylic acid groups (broad SMARTS) is 1. The Labute approximate surface area is 221 Å². The summed E-state index contributed by atoms with van der Waals surface area (Å²) < 4.78 is 41.5. The minimum absolute atomic E-state index is 0. The molecule has 1 aliphatic heterocycles. The number of aromatic nitrogens is 4. The number of carbonyl (C=O) groups excluding carboxylic acids is 1. The minimum Gasteiger partial charge on any atom is -0.759 e. The fourth-order valence-electron chi connectivity index (χ4n) is 2.96. The summed E-state index contributed by atoms with van der Waals surface area (Å²) in [5, 5.41) is 31.5. The van der Waals surface area contributed by atoms with E-state index in [-0.39, 0.29) is 60.9 Å². The van der Waals surface area contributed by atoms with Crippen molar-refractivity contribution in [3.8, 4) is 0 Å². The Morgan fingerprint density at radius 2 is 1.85 bits per heavy atom. The molecule has 2 aromatic rings. The number of ether oxygens (including phenoxy) is 1. The van der Waals surface area contributed by atoms with Gasteiger partial charge in [0.2, 0.25) is 0 Å². The first kappa shape index (κ1) is 33.1. The van der Waals surface area contributed by atoms with Crippen LogP contribution in [0.25, 0.3) is 11.2 Å². The SMILES string of the molecule is C[S+](CC[C@H](N)C(=O)[O-])C[C@H]1O[C@@H](n2cnc3c(N)ncnc32)[C@H](O)[C@@H]1O.O=S(=O)([O-])[O-].[Li+].[Li+]. The van der Waals surface area contributed by atoms with Crippen LogP contribution in [0.3, 0.4) is 0 Å². The number of imidazole rings is 1. The summed E-state index contributed by atoms with van der Waals surface area (Å²) in [6.07, 6.45) is 1.17.